The molecule has 1 amide bonds. The standard InChI is InChI=1S/C12H13ClN4O2/c1-3-4-9-5-8(6-10(13)15-9)11(18)16-12-14-7(2)17-19-12/h5-6H,3-4H2,1-2H3,(H,14,16,17,18). The molecule has 100 valence electrons. The third-order valence-electron chi connectivity index (χ3n) is 2.36. The molecule has 0 aliphatic carbocycles. The molecule has 0 saturated carbocycles. The molecular weight excluding hydrogens is 268 g/mol. The number of amides is 1. The summed E-state index contributed by atoms with van der Waals surface area (Å²) in [6, 6.07) is 3.26. The first-order chi connectivity index (χ1) is 9.08. The van der Waals surface area contributed by atoms with E-state index in [1.54, 1.807) is 13.0 Å². The Morgan fingerprint density at radius 2 is 2.21 bits per heavy atom. The Bertz CT molecular complexity index is 597. The van der Waals surface area contributed by atoms with Crippen LogP contribution in [0.1, 0.15) is 35.2 Å². The normalized spacial score (nSPS) is 10.5. The number of nitrogens with zero attached hydrogens (tertiary/aromatic N) is 3. The maximum Gasteiger partial charge on any atom is 0.328 e. The lowest BCUT2D eigenvalue weighted by Gasteiger charge is -2.04. The largest absolute Gasteiger partial charge is 0.328 e. The Kier molecular flexibility index (Phi) is 4.11. The van der Waals surface area contributed by atoms with E-state index in [-0.39, 0.29) is 17.1 Å². The number of hydrogen-bond acceptors (Lipinski definition) is 5. The van der Waals surface area contributed by atoms with E-state index in [9.17, 15) is 4.79 Å². The monoisotopic (exact) mass is 280 g/mol. The van der Waals surface area contributed by atoms with Crippen LogP contribution >= 0.6 is 11.6 Å². The molecule has 0 unspecified atom stereocenters. The van der Waals surface area contributed by atoms with Gasteiger partial charge in [0.25, 0.3) is 5.91 Å². The molecule has 0 radical (unpaired) electrons. The highest BCUT2D eigenvalue weighted by atomic mass is 35.5. The minimum Gasteiger partial charge on any atom is -0.315 e. The van der Waals surface area contributed by atoms with Gasteiger partial charge in [-0.2, -0.15) is 4.98 Å². The average molecular weight is 281 g/mol. The molecule has 7 heteroatoms. The van der Waals surface area contributed by atoms with Crippen molar-refractivity contribution in [1.29, 1.82) is 0 Å². The summed E-state index contributed by atoms with van der Waals surface area (Å²) in [6.45, 7) is 3.70. The second kappa shape index (κ2) is 5.79. The maximum absolute atomic E-state index is 12.0. The van der Waals surface area contributed by atoms with Gasteiger partial charge in [-0.3, -0.25) is 10.1 Å². The first-order valence-electron chi connectivity index (χ1n) is 5.86. The zero-order valence-corrected chi connectivity index (χ0v) is 11.4. The first kappa shape index (κ1) is 13.5. The van der Waals surface area contributed by atoms with Gasteiger partial charge in [0.15, 0.2) is 5.82 Å². The highest BCUT2D eigenvalue weighted by Gasteiger charge is 2.12. The summed E-state index contributed by atoms with van der Waals surface area (Å²) in [6.07, 6.45) is 1.69. The summed E-state index contributed by atoms with van der Waals surface area (Å²) < 4.78 is 4.82. The van der Waals surface area contributed by atoms with Gasteiger partial charge < -0.3 is 4.52 Å². The van der Waals surface area contributed by atoms with Crippen molar-refractivity contribution in [2.24, 2.45) is 0 Å². The van der Waals surface area contributed by atoms with Crippen LogP contribution in [0.3, 0.4) is 0 Å². The molecule has 6 nitrogen and oxygen atoms in total. The predicted octanol–water partition coefficient (Wildman–Crippen LogP) is 2.63. The van der Waals surface area contributed by atoms with E-state index in [1.807, 2.05) is 6.92 Å². The second-order valence-corrected chi connectivity index (χ2v) is 4.41. The van der Waals surface area contributed by atoms with Crippen LogP contribution in [-0.2, 0) is 6.42 Å². The molecule has 2 aromatic heterocycles. The van der Waals surface area contributed by atoms with E-state index < -0.39 is 0 Å². The minimum absolute atomic E-state index is 0.0625. The van der Waals surface area contributed by atoms with E-state index in [0.29, 0.717) is 11.4 Å². The van der Waals surface area contributed by atoms with E-state index >= 15 is 0 Å². The van der Waals surface area contributed by atoms with E-state index in [4.69, 9.17) is 16.1 Å². The van der Waals surface area contributed by atoms with Crippen LogP contribution in [0.25, 0.3) is 0 Å². The van der Waals surface area contributed by atoms with Gasteiger partial charge in [-0.15, -0.1) is 0 Å². The van der Waals surface area contributed by atoms with E-state index in [1.165, 1.54) is 6.07 Å². The summed E-state index contributed by atoms with van der Waals surface area (Å²) in [5.74, 6) is 0.0973. The van der Waals surface area contributed by atoms with Gasteiger partial charge in [0.2, 0.25) is 0 Å². The number of hydrogen-bond donors (Lipinski definition) is 1. The van der Waals surface area contributed by atoms with Crippen LogP contribution < -0.4 is 5.32 Å². The highest BCUT2D eigenvalue weighted by Crippen LogP contribution is 2.14. The summed E-state index contributed by atoms with van der Waals surface area (Å²) in [5.41, 5.74) is 1.20. The SMILES string of the molecule is CCCc1cc(C(=O)Nc2nc(C)no2)cc(Cl)n1. The third kappa shape index (κ3) is 3.51. The van der Waals surface area contributed by atoms with Crippen LogP contribution in [0.2, 0.25) is 5.15 Å². The molecular formula is C12H13ClN4O2. The fourth-order valence-electron chi connectivity index (χ4n) is 1.58. The summed E-state index contributed by atoms with van der Waals surface area (Å²) in [4.78, 5) is 20.1. The zero-order valence-electron chi connectivity index (χ0n) is 10.6. The minimum atomic E-state index is -0.356. The Morgan fingerprint density at radius 3 is 2.84 bits per heavy atom. The predicted molar refractivity (Wildman–Crippen MR) is 70.2 cm³/mol. The zero-order chi connectivity index (χ0) is 13.8. The second-order valence-electron chi connectivity index (χ2n) is 4.02. The van der Waals surface area contributed by atoms with Crippen LogP contribution in [0.15, 0.2) is 16.7 Å². The molecule has 2 heterocycles. The number of halogens is 1. The molecule has 0 aliphatic heterocycles. The molecule has 0 spiro atoms. The fraction of sp³-hybridized carbons (Fsp3) is 0.333. The van der Waals surface area contributed by atoms with E-state index in [0.717, 1.165) is 18.5 Å². The average Bonchev–Trinajstić information content (AvgIpc) is 2.74. The van der Waals surface area contributed by atoms with Crippen LogP contribution in [0, 0.1) is 6.92 Å². The third-order valence-corrected chi connectivity index (χ3v) is 2.56. The van der Waals surface area contributed by atoms with Crippen molar-refractivity contribution in [2.45, 2.75) is 26.7 Å². The number of pyridine rings is 1. The van der Waals surface area contributed by atoms with Gasteiger partial charge >= 0.3 is 6.01 Å². The van der Waals surface area contributed by atoms with Crippen LogP contribution in [-0.4, -0.2) is 21.0 Å². The number of carbonyl (C=O) groups excluding carboxylic acids is 1. The molecule has 0 aliphatic rings. The molecule has 0 fully saturated rings. The Balaban J connectivity index is 2.18. The Morgan fingerprint density at radius 1 is 1.42 bits per heavy atom. The smallest absolute Gasteiger partial charge is 0.315 e. The Hall–Kier alpha value is -1.95. The quantitative estimate of drug-likeness (QED) is 0.871. The first-order valence-corrected chi connectivity index (χ1v) is 6.24. The van der Waals surface area contributed by atoms with Gasteiger partial charge in [-0.1, -0.05) is 30.1 Å². The number of aromatic nitrogens is 3. The number of carbonyl (C=O) groups is 1. The maximum atomic E-state index is 12.0. The number of nitrogens with one attached hydrogen (secondary N) is 1. The van der Waals surface area contributed by atoms with Crippen LogP contribution in [0.4, 0.5) is 6.01 Å². The fourth-order valence-corrected chi connectivity index (χ4v) is 1.81. The molecule has 1 N–H and O–H groups in total. The Labute approximate surface area is 115 Å². The summed E-state index contributed by atoms with van der Waals surface area (Å²) >= 11 is 5.89. The molecule has 2 rings (SSSR count). The summed E-state index contributed by atoms with van der Waals surface area (Å²) in [7, 11) is 0. The molecule has 2 aromatic rings. The van der Waals surface area contributed by atoms with Crippen molar-refractivity contribution in [3.8, 4) is 0 Å². The van der Waals surface area contributed by atoms with Crippen molar-refractivity contribution in [3.63, 3.8) is 0 Å². The van der Waals surface area contributed by atoms with Crippen LogP contribution in [0.5, 0.6) is 0 Å². The van der Waals surface area contributed by atoms with Crippen molar-refractivity contribution in [3.05, 3.63) is 34.4 Å². The molecule has 0 aromatic carbocycles. The van der Waals surface area contributed by atoms with Gasteiger partial charge in [0.05, 0.1) is 0 Å². The van der Waals surface area contributed by atoms with Crippen molar-refractivity contribution < 1.29 is 9.32 Å². The van der Waals surface area contributed by atoms with Gasteiger partial charge in [-0.05, 0) is 25.5 Å². The lowest BCUT2D eigenvalue weighted by Crippen LogP contribution is -2.13. The van der Waals surface area contributed by atoms with Crippen molar-refractivity contribution in [2.75, 3.05) is 5.32 Å². The summed E-state index contributed by atoms with van der Waals surface area (Å²) in [5, 5.41) is 6.39. The van der Waals surface area contributed by atoms with Crippen molar-refractivity contribution in [1.82, 2.24) is 15.1 Å². The van der Waals surface area contributed by atoms with E-state index in [2.05, 4.69) is 20.4 Å². The number of anilines is 1. The molecule has 19 heavy (non-hydrogen) atoms. The lowest BCUT2D eigenvalue weighted by molar-refractivity contribution is 0.102. The van der Waals surface area contributed by atoms with Gasteiger partial charge in [0, 0.05) is 11.3 Å². The lowest BCUT2D eigenvalue weighted by atomic mass is 10.1. The number of rotatable bonds is 4. The number of aryl methyl sites for hydroxylation is 2. The molecule has 0 atom stereocenters. The van der Waals surface area contributed by atoms with Gasteiger partial charge in [-0.25, -0.2) is 4.98 Å². The topological polar surface area (TPSA) is 80.9 Å². The van der Waals surface area contributed by atoms with Gasteiger partial charge in [0.1, 0.15) is 5.15 Å². The highest BCUT2D eigenvalue weighted by molar-refractivity contribution is 6.29. The molecule has 0 bridgehead atoms. The van der Waals surface area contributed by atoms with Crippen molar-refractivity contribution >= 4 is 23.5 Å². The molecule has 0 saturated heterocycles.